The second-order valence-electron chi connectivity index (χ2n) is 4.93. The third kappa shape index (κ3) is 2.59. The van der Waals surface area contributed by atoms with E-state index in [0.29, 0.717) is 11.6 Å². The molecule has 1 fully saturated rings. The van der Waals surface area contributed by atoms with Crippen molar-refractivity contribution in [3.63, 3.8) is 0 Å². The van der Waals surface area contributed by atoms with Crippen LogP contribution in [-0.4, -0.2) is 15.6 Å². The van der Waals surface area contributed by atoms with E-state index in [9.17, 15) is 4.79 Å². The molecule has 0 aliphatic heterocycles. The van der Waals surface area contributed by atoms with E-state index in [4.69, 9.17) is 16.0 Å². The highest BCUT2D eigenvalue weighted by Crippen LogP contribution is 2.28. The molecule has 100 valence electrons. The summed E-state index contributed by atoms with van der Waals surface area (Å²) in [7, 11) is 0. The monoisotopic (exact) mass is 278 g/mol. The van der Waals surface area contributed by atoms with Gasteiger partial charge in [0.2, 0.25) is 5.22 Å². The minimum atomic E-state index is -0.0598. The Morgan fingerprint density at radius 3 is 2.89 bits per heavy atom. The Morgan fingerprint density at radius 2 is 2.21 bits per heavy atom. The summed E-state index contributed by atoms with van der Waals surface area (Å²) >= 11 is 5.80. The van der Waals surface area contributed by atoms with Gasteiger partial charge in [0.15, 0.2) is 5.78 Å². The van der Waals surface area contributed by atoms with Crippen molar-refractivity contribution in [2.45, 2.75) is 38.1 Å². The van der Waals surface area contributed by atoms with E-state index >= 15 is 0 Å². The lowest BCUT2D eigenvalue weighted by Crippen LogP contribution is -2.08. The van der Waals surface area contributed by atoms with Crippen LogP contribution in [0.1, 0.15) is 47.8 Å². The molecule has 0 aromatic carbocycles. The molecule has 5 heteroatoms. The van der Waals surface area contributed by atoms with Crippen molar-refractivity contribution in [3.8, 4) is 0 Å². The first kappa shape index (κ1) is 12.5. The van der Waals surface area contributed by atoms with Crippen LogP contribution in [0, 0.1) is 0 Å². The zero-order chi connectivity index (χ0) is 13.2. The van der Waals surface area contributed by atoms with Gasteiger partial charge in [-0.1, -0.05) is 12.8 Å². The van der Waals surface area contributed by atoms with Crippen molar-refractivity contribution in [2.24, 2.45) is 0 Å². The first-order valence-corrected chi connectivity index (χ1v) is 6.92. The molecule has 2 aromatic rings. The molecule has 0 bridgehead atoms. The lowest BCUT2D eigenvalue weighted by molar-refractivity contribution is 0.0991. The molecule has 1 aliphatic carbocycles. The Hall–Kier alpha value is -1.55. The maximum atomic E-state index is 12.0. The fourth-order valence-electron chi connectivity index (χ4n) is 2.60. The predicted molar refractivity (Wildman–Crippen MR) is 71.5 cm³/mol. The molecule has 4 nitrogen and oxygen atoms in total. The summed E-state index contributed by atoms with van der Waals surface area (Å²) in [5.41, 5.74) is 1.21. The summed E-state index contributed by atoms with van der Waals surface area (Å²) in [6.45, 7) is 0. The van der Waals surface area contributed by atoms with E-state index in [1.807, 2.05) is 16.9 Å². The number of rotatable bonds is 4. The van der Waals surface area contributed by atoms with Crippen LogP contribution in [0.15, 0.2) is 29.0 Å². The summed E-state index contributed by atoms with van der Waals surface area (Å²) in [6.07, 6.45) is 8.55. The molecule has 0 N–H and O–H groups in total. The van der Waals surface area contributed by atoms with Gasteiger partial charge in [0.05, 0.1) is 30.0 Å². The lowest BCUT2D eigenvalue weighted by atomic mass is 10.1. The Bertz CT molecular complexity index is 582. The summed E-state index contributed by atoms with van der Waals surface area (Å²) in [5, 5.41) is 4.65. The van der Waals surface area contributed by atoms with Gasteiger partial charge in [0.25, 0.3) is 0 Å². The Morgan fingerprint density at radius 1 is 1.42 bits per heavy atom. The molecular formula is C14H15ClN2O2. The van der Waals surface area contributed by atoms with Crippen LogP contribution in [-0.2, 0) is 6.42 Å². The number of nitrogens with zero attached hydrogens (tertiary/aromatic N) is 2. The molecule has 0 saturated heterocycles. The summed E-state index contributed by atoms with van der Waals surface area (Å²) in [4.78, 5) is 12.0. The molecule has 19 heavy (non-hydrogen) atoms. The van der Waals surface area contributed by atoms with E-state index in [0.717, 1.165) is 5.69 Å². The predicted octanol–water partition coefficient (Wildman–Crippen LogP) is 3.67. The second-order valence-corrected chi connectivity index (χ2v) is 5.28. The van der Waals surface area contributed by atoms with Crippen LogP contribution >= 0.6 is 11.6 Å². The molecular weight excluding hydrogens is 264 g/mol. The maximum Gasteiger partial charge on any atom is 0.203 e. The zero-order valence-electron chi connectivity index (χ0n) is 10.5. The number of ketones is 1. The average molecular weight is 279 g/mol. The number of furan rings is 1. The highest BCUT2D eigenvalue weighted by atomic mass is 35.5. The normalized spacial score (nSPS) is 16.1. The van der Waals surface area contributed by atoms with Gasteiger partial charge in [-0.15, -0.1) is 0 Å². The van der Waals surface area contributed by atoms with Crippen molar-refractivity contribution >= 4 is 17.4 Å². The zero-order valence-corrected chi connectivity index (χ0v) is 11.3. The van der Waals surface area contributed by atoms with Crippen LogP contribution in [0.3, 0.4) is 0 Å². The molecule has 0 radical (unpaired) electrons. The highest BCUT2D eigenvalue weighted by molar-refractivity contribution is 6.32. The number of halogens is 1. The lowest BCUT2D eigenvalue weighted by Gasteiger charge is -2.08. The first-order valence-electron chi connectivity index (χ1n) is 6.54. The molecule has 1 aliphatic rings. The number of carbonyl (C=O) groups excluding carboxylic acids is 1. The molecule has 0 unspecified atom stereocenters. The van der Waals surface area contributed by atoms with Crippen molar-refractivity contribution in [1.29, 1.82) is 0 Å². The summed E-state index contributed by atoms with van der Waals surface area (Å²) < 4.78 is 6.92. The van der Waals surface area contributed by atoms with E-state index in [1.54, 1.807) is 6.07 Å². The highest BCUT2D eigenvalue weighted by Gasteiger charge is 2.19. The van der Waals surface area contributed by atoms with Crippen molar-refractivity contribution in [1.82, 2.24) is 9.78 Å². The molecule has 1 saturated carbocycles. The van der Waals surface area contributed by atoms with Crippen molar-refractivity contribution in [3.05, 3.63) is 41.1 Å². The number of carbonyl (C=O) groups is 1. The van der Waals surface area contributed by atoms with E-state index in [1.165, 1.54) is 31.9 Å². The van der Waals surface area contributed by atoms with Crippen LogP contribution in [0.5, 0.6) is 0 Å². The van der Waals surface area contributed by atoms with E-state index < -0.39 is 0 Å². The Kier molecular flexibility index (Phi) is 3.42. The summed E-state index contributed by atoms with van der Waals surface area (Å²) in [6, 6.07) is 4.00. The number of hydrogen-bond donors (Lipinski definition) is 0. The smallest absolute Gasteiger partial charge is 0.203 e. The van der Waals surface area contributed by atoms with Crippen LogP contribution in [0.4, 0.5) is 0 Å². The van der Waals surface area contributed by atoms with E-state index in [2.05, 4.69) is 5.10 Å². The first-order chi connectivity index (χ1) is 9.24. The third-order valence-electron chi connectivity index (χ3n) is 3.62. The van der Waals surface area contributed by atoms with Crippen LogP contribution < -0.4 is 0 Å². The summed E-state index contributed by atoms with van der Waals surface area (Å²) in [5.74, 6) is -0.0598. The van der Waals surface area contributed by atoms with E-state index in [-0.39, 0.29) is 17.4 Å². The van der Waals surface area contributed by atoms with Gasteiger partial charge in [-0.25, -0.2) is 0 Å². The maximum absolute atomic E-state index is 12.0. The fourth-order valence-corrected chi connectivity index (χ4v) is 2.82. The van der Waals surface area contributed by atoms with Gasteiger partial charge >= 0.3 is 0 Å². The molecule has 0 spiro atoms. The molecule has 0 amide bonds. The SMILES string of the molecule is O=C(Cc1ccn(C2CCCC2)n1)c1ccoc1Cl. The van der Waals surface area contributed by atoms with Gasteiger partial charge in [-0.3, -0.25) is 9.48 Å². The molecule has 2 aromatic heterocycles. The Labute approximate surface area is 116 Å². The second kappa shape index (κ2) is 5.21. The largest absolute Gasteiger partial charge is 0.452 e. The Balaban J connectivity index is 1.70. The van der Waals surface area contributed by atoms with Gasteiger partial charge in [-0.2, -0.15) is 5.10 Å². The number of aromatic nitrogens is 2. The van der Waals surface area contributed by atoms with Gasteiger partial charge in [0, 0.05) is 6.20 Å². The third-order valence-corrected chi connectivity index (χ3v) is 3.92. The number of hydrogen-bond acceptors (Lipinski definition) is 3. The molecule has 0 atom stereocenters. The van der Waals surface area contributed by atoms with Crippen molar-refractivity contribution < 1.29 is 9.21 Å². The molecule has 3 rings (SSSR count). The standard InChI is InChI=1S/C14H15ClN2O2/c15-14-12(6-8-19-14)13(18)9-10-5-7-17(16-10)11-3-1-2-4-11/h5-8,11H,1-4,9H2. The minimum Gasteiger partial charge on any atom is -0.452 e. The van der Waals surface area contributed by atoms with Gasteiger partial charge in [0.1, 0.15) is 0 Å². The number of Topliss-reactive ketones (excluding diaryl/α,β-unsaturated/α-hetero) is 1. The van der Waals surface area contributed by atoms with Gasteiger partial charge < -0.3 is 4.42 Å². The van der Waals surface area contributed by atoms with Crippen LogP contribution in [0.25, 0.3) is 0 Å². The quantitative estimate of drug-likeness (QED) is 0.802. The topological polar surface area (TPSA) is 48.0 Å². The fraction of sp³-hybridized carbons (Fsp3) is 0.429. The van der Waals surface area contributed by atoms with Crippen LogP contribution in [0.2, 0.25) is 5.22 Å². The molecule has 2 heterocycles. The minimum absolute atomic E-state index is 0.0598. The van der Waals surface area contributed by atoms with Crippen molar-refractivity contribution in [2.75, 3.05) is 0 Å². The van der Waals surface area contributed by atoms with Gasteiger partial charge in [-0.05, 0) is 36.6 Å². The average Bonchev–Trinajstić information content (AvgIpc) is 3.07.